The molecule has 3 aromatic rings. The maximum Gasteiger partial charge on any atom is 0.261 e. The van der Waals surface area contributed by atoms with Crippen LogP contribution < -0.4 is 5.32 Å². The van der Waals surface area contributed by atoms with Crippen molar-refractivity contribution in [2.45, 2.75) is 46.0 Å². The van der Waals surface area contributed by atoms with Gasteiger partial charge in [-0.3, -0.25) is 4.79 Å². The van der Waals surface area contributed by atoms with Crippen LogP contribution in [0.3, 0.4) is 0 Å². The summed E-state index contributed by atoms with van der Waals surface area (Å²) < 4.78 is 14.0. The number of aryl methyl sites for hydroxylation is 4. The highest BCUT2D eigenvalue weighted by Crippen LogP contribution is 2.30. The molecule has 0 spiro atoms. The molecular weight excluding hydrogens is 347 g/mol. The molecule has 0 unspecified atom stereocenters. The molecule has 0 saturated heterocycles. The zero-order chi connectivity index (χ0) is 18.3. The number of amides is 1. The maximum absolute atomic E-state index is 14.0. The van der Waals surface area contributed by atoms with E-state index in [1.807, 2.05) is 19.9 Å². The predicted molar refractivity (Wildman–Crippen MR) is 105 cm³/mol. The fraction of sp³-hybridized carbons (Fsp3) is 0.381. The van der Waals surface area contributed by atoms with Gasteiger partial charge in [-0.25, -0.2) is 4.39 Å². The number of carbonyl (C=O) groups is 1. The minimum Gasteiger partial charge on any atom is -0.356 e. The topological polar surface area (TPSA) is 44.9 Å². The summed E-state index contributed by atoms with van der Waals surface area (Å²) in [7, 11) is 0. The van der Waals surface area contributed by atoms with Gasteiger partial charge in [0.2, 0.25) is 0 Å². The molecule has 0 fully saturated rings. The Balaban J connectivity index is 1.47. The third-order valence-electron chi connectivity index (χ3n) is 5.31. The molecule has 0 aliphatic heterocycles. The van der Waals surface area contributed by atoms with E-state index >= 15 is 0 Å². The number of thiophene rings is 1. The minimum absolute atomic E-state index is 0.00444. The Morgan fingerprint density at radius 1 is 1.27 bits per heavy atom. The average molecular weight is 370 g/mol. The second kappa shape index (κ2) is 6.88. The van der Waals surface area contributed by atoms with Crippen molar-refractivity contribution < 1.29 is 9.18 Å². The molecule has 2 heterocycles. The lowest BCUT2D eigenvalue weighted by atomic mass is 9.99. The van der Waals surface area contributed by atoms with Gasteiger partial charge < -0.3 is 10.3 Å². The first-order valence-electron chi connectivity index (χ1n) is 9.20. The zero-order valence-electron chi connectivity index (χ0n) is 15.2. The number of fused-ring (bicyclic) bond motifs is 2. The Morgan fingerprint density at radius 2 is 2.08 bits per heavy atom. The van der Waals surface area contributed by atoms with Gasteiger partial charge in [0.15, 0.2) is 0 Å². The van der Waals surface area contributed by atoms with Gasteiger partial charge in [0.05, 0.1) is 10.4 Å². The van der Waals surface area contributed by atoms with E-state index in [9.17, 15) is 9.18 Å². The number of benzene rings is 1. The van der Waals surface area contributed by atoms with Crippen LogP contribution in [0.15, 0.2) is 18.2 Å². The van der Waals surface area contributed by atoms with Crippen LogP contribution in [0, 0.1) is 19.7 Å². The van der Waals surface area contributed by atoms with Gasteiger partial charge >= 0.3 is 0 Å². The molecule has 1 aliphatic carbocycles. The van der Waals surface area contributed by atoms with Crippen LogP contribution in [-0.4, -0.2) is 17.4 Å². The molecule has 1 aromatic carbocycles. The summed E-state index contributed by atoms with van der Waals surface area (Å²) in [5.74, 6) is -0.224. The summed E-state index contributed by atoms with van der Waals surface area (Å²) in [6, 6.07) is 5.37. The van der Waals surface area contributed by atoms with Crippen molar-refractivity contribution in [1.29, 1.82) is 0 Å². The number of hydrogen-bond acceptors (Lipinski definition) is 2. The number of halogens is 1. The van der Waals surface area contributed by atoms with E-state index in [4.69, 9.17) is 0 Å². The first-order chi connectivity index (χ1) is 12.5. The summed E-state index contributed by atoms with van der Waals surface area (Å²) in [6.45, 7) is 4.50. The van der Waals surface area contributed by atoms with Crippen LogP contribution in [0.1, 0.15) is 49.8 Å². The molecule has 0 saturated carbocycles. The summed E-state index contributed by atoms with van der Waals surface area (Å²) >= 11 is 1.63. The number of aromatic amines is 1. The van der Waals surface area contributed by atoms with Crippen LogP contribution in [-0.2, 0) is 19.3 Å². The molecule has 5 heteroatoms. The third kappa shape index (κ3) is 3.05. The van der Waals surface area contributed by atoms with Crippen LogP contribution in [0.25, 0.3) is 10.9 Å². The largest absolute Gasteiger partial charge is 0.356 e. The number of nitrogens with one attached hydrogen (secondary N) is 2. The van der Waals surface area contributed by atoms with Crippen molar-refractivity contribution >= 4 is 28.1 Å². The molecule has 1 amide bonds. The van der Waals surface area contributed by atoms with E-state index in [-0.39, 0.29) is 11.7 Å². The quantitative estimate of drug-likeness (QED) is 0.678. The number of H-pyrrole nitrogens is 1. The lowest BCUT2D eigenvalue weighted by molar-refractivity contribution is 0.0958. The molecule has 136 valence electrons. The van der Waals surface area contributed by atoms with Gasteiger partial charge in [-0.2, -0.15) is 0 Å². The highest BCUT2D eigenvalue weighted by atomic mass is 32.1. The van der Waals surface area contributed by atoms with Crippen molar-refractivity contribution in [3.05, 3.63) is 56.2 Å². The highest BCUT2D eigenvalue weighted by Gasteiger charge is 2.18. The Labute approximate surface area is 156 Å². The average Bonchev–Trinajstić information content (AvgIpc) is 3.20. The highest BCUT2D eigenvalue weighted by molar-refractivity contribution is 7.14. The van der Waals surface area contributed by atoms with Crippen molar-refractivity contribution in [2.75, 3.05) is 6.54 Å². The Morgan fingerprint density at radius 3 is 2.88 bits per heavy atom. The van der Waals surface area contributed by atoms with Crippen molar-refractivity contribution in [3.63, 3.8) is 0 Å². The molecule has 26 heavy (non-hydrogen) atoms. The number of hydrogen-bond donors (Lipinski definition) is 2. The molecule has 0 atom stereocenters. The van der Waals surface area contributed by atoms with Gasteiger partial charge in [0.1, 0.15) is 5.82 Å². The monoisotopic (exact) mass is 370 g/mol. The predicted octanol–water partition coefficient (Wildman–Crippen LogP) is 4.84. The Bertz CT molecular complexity index is 962. The van der Waals surface area contributed by atoms with Crippen molar-refractivity contribution in [1.82, 2.24) is 10.3 Å². The summed E-state index contributed by atoms with van der Waals surface area (Å²) in [6.07, 6.45) is 5.34. The van der Waals surface area contributed by atoms with Crippen LogP contribution >= 0.6 is 11.3 Å². The molecule has 2 N–H and O–H groups in total. The molecule has 3 nitrogen and oxygen atoms in total. The lowest BCUT2D eigenvalue weighted by Gasteiger charge is -2.08. The van der Waals surface area contributed by atoms with Crippen molar-refractivity contribution in [2.24, 2.45) is 0 Å². The third-order valence-corrected chi connectivity index (χ3v) is 6.55. The number of rotatable bonds is 4. The smallest absolute Gasteiger partial charge is 0.261 e. The summed E-state index contributed by atoms with van der Waals surface area (Å²) in [4.78, 5) is 17.8. The minimum atomic E-state index is -0.229. The Hall–Kier alpha value is -2.14. The normalized spacial score (nSPS) is 13.8. The van der Waals surface area contributed by atoms with Gasteiger partial charge in [0.25, 0.3) is 5.91 Å². The lowest BCUT2D eigenvalue weighted by Crippen LogP contribution is -2.25. The fourth-order valence-corrected chi connectivity index (χ4v) is 5.12. The van der Waals surface area contributed by atoms with Crippen LogP contribution in [0.5, 0.6) is 0 Å². The Kier molecular flexibility index (Phi) is 4.57. The van der Waals surface area contributed by atoms with Gasteiger partial charge in [-0.15, -0.1) is 11.3 Å². The van der Waals surface area contributed by atoms with E-state index < -0.39 is 0 Å². The van der Waals surface area contributed by atoms with E-state index in [2.05, 4.69) is 16.4 Å². The van der Waals surface area contributed by atoms with E-state index in [0.717, 1.165) is 39.9 Å². The zero-order valence-corrected chi connectivity index (χ0v) is 16.0. The first kappa shape index (κ1) is 17.3. The molecule has 1 aliphatic rings. The van der Waals surface area contributed by atoms with E-state index in [0.29, 0.717) is 18.5 Å². The number of carbonyl (C=O) groups excluding carboxylic acids is 1. The van der Waals surface area contributed by atoms with Crippen LogP contribution in [0.4, 0.5) is 4.39 Å². The summed E-state index contributed by atoms with van der Waals surface area (Å²) in [5, 5.41) is 3.98. The van der Waals surface area contributed by atoms with Gasteiger partial charge in [0, 0.05) is 22.5 Å². The first-order valence-corrected chi connectivity index (χ1v) is 10.0. The van der Waals surface area contributed by atoms with Gasteiger partial charge in [-0.05, 0) is 74.8 Å². The van der Waals surface area contributed by atoms with E-state index in [1.165, 1.54) is 29.3 Å². The molecular formula is C21H23FN2OS. The molecule has 0 radical (unpaired) electrons. The van der Waals surface area contributed by atoms with Gasteiger partial charge in [-0.1, -0.05) is 6.07 Å². The molecule has 0 bridgehead atoms. The number of aromatic nitrogens is 1. The second-order valence-corrected chi connectivity index (χ2v) is 8.25. The second-order valence-electron chi connectivity index (χ2n) is 7.11. The maximum atomic E-state index is 14.0. The summed E-state index contributed by atoms with van der Waals surface area (Å²) in [5.41, 5.74) is 5.02. The van der Waals surface area contributed by atoms with E-state index in [1.54, 1.807) is 11.3 Å². The fourth-order valence-electron chi connectivity index (χ4n) is 3.95. The molecule has 2 aromatic heterocycles. The van der Waals surface area contributed by atoms with Crippen LogP contribution in [0.2, 0.25) is 0 Å². The SMILES string of the molecule is Cc1[nH]c2c(F)ccc(C)c2c1CCNC(=O)c1cc2c(s1)CCCC2. The standard InChI is InChI=1S/C21H23FN2OS/c1-12-7-8-16(22)20-19(12)15(13(2)24-20)9-10-23-21(25)18-11-14-5-3-4-6-17(14)26-18/h7-8,11,24H,3-6,9-10H2,1-2H3,(H,23,25). The van der Waals surface area contributed by atoms with Crippen molar-refractivity contribution in [3.8, 4) is 0 Å². The molecule has 4 rings (SSSR count).